The van der Waals surface area contributed by atoms with Crippen molar-refractivity contribution in [2.24, 2.45) is 0 Å². The highest BCUT2D eigenvalue weighted by atomic mass is 32.5. The molecule has 13 heteroatoms. The third kappa shape index (κ3) is 4.52. The van der Waals surface area contributed by atoms with Crippen molar-refractivity contribution in [1.29, 1.82) is 0 Å². The SMILES string of the molecule is Cc1cn(-c2ccc3n(c2=O)CCN([C@@H](C)COc2ccccc2S(F)(F)(F)(F)F)C3=O)cn1. The van der Waals surface area contributed by atoms with Crippen molar-refractivity contribution in [2.45, 2.75) is 31.3 Å². The zero-order chi connectivity index (χ0) is 25.0. The van der Waals surface area contributed by atoms with E-state index < -0.39 is 45.0 Å². The summed E-state index contributed by atoms with van der Waals surface area (Å²) in [5.41, 5.74) is 0.743. The van der Waals surface area contributed by atoms with E-state index in [-0.39, 0.29) is 24.8 Å². The summed E-state index contributed by atoms with van der Waals surface area (Å²) >= 11 is 0. The van der Waals surface area contributed by atoms with Gasteiger partial charge in [-0.1, -0.05) is 31.6 Å². The molecule has 0 radical (unpaired) electrons. The van der Waals surface area contributed by atoms with Gasteiger partial charge in [-0.05, 0) is 38.1 Å². The highest BCUT2D eigenvalue weighted by Gasteiger charge is 2.67. The van der Waals surface area contributed by atoms with E-state index in [0.717, 1.165) is 18.2 Å². The minimum atomic E-state index is -9.96. The Morgan fingerprint density at radius 3 is 2.41 bits per heavy atom. The molecule has 1 aliphatic heterocycles. The average molecular weight is 504 g/mol. The number of carbonyl (C=O) groups is 1. The highest BCUT2D eigenvalue weighted by molar-refractivity contribution is 8.45. The van der Waals surface area contributed by atoms with E-state index in [1.54, 1.807) is 17.7 Å². The Labute approximate surface area is 191 Å². The van der Waals surface area contributed by atoms with Gasteiger partial charge in [0.25, 0.3) is 11.5 Å². The lowest BCUT2D eigenvalue weighted by Crippen LogP contribution is -2.50. The second-order valence-corrected chi connectivity index (χ2v) is 10.4. The summed E-state index contributed by atoms with van der Waals surface area (Å²) in [5.74, 6) is -1.52. The standard InChI is InChI=1S/C21H21F5N4O3S/c1-14-11-28(13-27-14)16-7-8-17-21(32)29(9-10-30(17)20(16)31)15(2)12-33-18-5-3-4-6-19(18)34(22,23,24,25)26/h3-8,11,13,15H,9-10,12H2,1-2H3/t15-/m0/s1. The summed E-state index contributed by atoms with van der Waals surface area (Å²) in [7, 11) is -9.96. The van der Waals surface area contributed by atoms with Crippen molar-refractivity contribution in [3.63, 3.8) is 0 Å². The molecule has 1 amide bonds. The fourth-order valence-corrected chi connectivity index (χ4v) is 4.63. The van der Waals surface area contributed by atoms with Crippen LogP contribution in [0.5, 0.6) is 5.75 Å². The third-order valence-electron chi connectivity index (χ3n) is 5.47. The van der Waals surface area contributed by atoms with Crippen LogP contribution in [0.1, 0.15) is 23.1 Å². The molecule has 0 aliphatic carbocycles. The maximum absolute atomic E-state index is 13.3. The summed E-state index contributed by atoms with van der Waals surface area (Å²) in [5, 5.41) is 0. The molecule has 0 fully saturated rings. The minimum Gasteiger partial charge on any atom is -0.490 e. The molecule has 0 bridgehead atoms. The second kappa shape index (κ2) is 7.32. The first-order chi connectivity index (χ1) is 15.7. The molecule has 1 atom stereocenters. The van der Waals surface area contributed by atoms with Crippen molar-refractivity contribution < 1.29 is 29.0 Å². The molecule has 0 spiro atoms. The van der Waals surface area contributed by atoms with Crippen LogP contribution in [-0.4, -0.2) is 44.1 Å². The number of ether oxygens (including phenoxy) is 1. The normalized spacial score (nSPS) is 17.0. The highest BCUT2D eigenvalue weighted by Crippen LogP contribution is 3.03. The topological polar surface area (TPSA) is 69.4 Å². The molecule has 1 aromatic carbocycles. The third-order valence-corrected chi connectivity index (χ3v) is 6.63. The first-order valence-corrected chi connectivity index (χ1v) is 12.1. The molecular formula is C21H21F5N4O3S. The molecule has 34 heavy (non-hydrogen) atoms. The van der Waals surface area contributed by atoms with E-state index in [9.17, 15) is 29.0 Å². The van der Waals surface area contributed by atoms with E-state index >= 15 is 0 Å². The van der Waals surface area contributed by atoms with Crippen molar-refractivity contribution >= 4 is 16.1 Å². The van der Waals surface area contributed by atoms with Crippen molar-refractivity contribution in [1.82, 2.24) is 19.0 Å². The number of para-hydroxylation sites is 1. The Morgan fingerprint density at radius 2 is 1.76 bits per heavy atom. The predicted octanol–water partition coefficient (Wildman–Crippen LogP) is 4.92. The number of carbonyl (C=O) groups excluding carboxylic acids is 1. The number of halogens is 5. The van der Waals surface area contributed by atoms with Crippen LogP contribution >= 0.6 is 10.2 Å². The molecule has 3 heterocycles. The summed E-state index contributed by atoms with van der Waals surface area (Å²) < 4.78 is 74.6. The van der Waals surface area contributed by atoms with Gasteiger partial charge in [-0.2, -0.15) is 0 Å². The summed E-state index contributed by atoms with van der Waals surface area (Å²) in [6, 6.07) is 5.31. The van der Waals surface area contributed by atoms with E-state index in [2.05, 4.69) is 4.98 Å². The van der Waals surface area contributed by atoms with Crippen molar-refractivity contribution in [3.05, 3.63) is 70.7 Å². The predicted molar refractivity (Wildman–Crippen MR) is 116 cm³/mol. The van der Waals surface area contributed by atoms with Crippen LogP contribution in [0, 0.1) is 6.92 Å². The van der Waals surface area contributed by atoms with Crippen LogP contribution in [0.25, 0.3) is 5.69 Å². The second-order valence-electron chi connectivity index (χ2n) is 8.06. The number of fused-ring (bicyclic) bond motifs is 1. The van der Waals surface area contributed by atoms with Gasteiger partial charge in [0.05, 0.1) is 18.1 Å². The molecule has 0 unspecified atom stereocenters. The Bertz CT molecular complexity index is 1340. The maximum Gasteiger partial charge on any atom is 0.313 e. The van der Waals surface area contributed by atoms with Gasteiger partial charge in [-0.25, -0.2) is 4.98 Å². The first kappa shape index (κ1) is 23.8. The van der Waals surface area contributed by atoms with E-state index in [0.29, 0.717) is 11.4 Å². The van der Waals surface area contributed by atoms with Gasteiger partial charge in [0, 0.05) is 19.3 Å². The van der Waals surface area contributed by atoms with Gasteiger partial charge >= 0.3 is 10.2 Å². The Kier molecular flexibility index (Phi) is 5.13. The van der Waals surface area contributed by atoms with E-state index in [4.69, 9.17) is 4.74 Å². The molecule has 3 aromatic rings. The monoisotopic (exact) mass is 504 g/mol. The lowest BCUT2D eigenvalue weighted by Gasteiger charge is -2.41. The fourth-order valence-electron chi connectivity index (χ4n) is 3.79. The molecule has 0 saturated carbocycles. The van der Waals surface area contributed by atoms with Gasteiger partial charge in [-0.3, -0.25) is 9.59 Å². The van der Waals surface area contributed by atoms with Gasteiger partial charge in [0.1, 0.15) is 28.6 Å². The van der Waals surface area contributed by atoms with Gasteiger partial charge < -0.3 is 18.8 Å². The number of aryl methyl sites for hydroxylation is 1. The van der Waals surface area contributed by atoms with E-state index in [1.807, 2.05) is 0 Å². The molecular weight excluding hydrogens is 483 g/mol. The van der Waals surface area contributed by atoms with Gasteiger partial charge in [0.2, 0.25) is 0 Å². The van der Waals surface area contributed by atoms with Crippen LogP contribution in [-0.2, 0) is 6.54 Å². The molecule has 0 N–H and O–H groups in total. The van der Waals surface area contributed by atoms with Gasteiger partial charge in [0.15, 0.2) is 0 Å². The van der Waals surface area contributed by atoms with Crippen LogP contribution in [0.15, 0.2) is 58.6 Å². The number of imidazole rings is 1. The molecule has 184 valence electrons. The molecule has 4 rings (SSSR count). The summed E-state index contributed by atoms with van der Waals surface area (Å²) in [6.45, 7) is 3.08. The van der Waals surface area contributed by atoms with Gasteiger partial charge in [-0.15, -0.1) is 0 Å². The summed E-state index contributed by atoms with van der Waals surface area (Å²) in [4.78, 5) is 29.2. The number of hydrogen-bond acceptors (Lipinski definition) is 4. The lowest BCUT2D eigenvalue weighted by atomic mass is 10.2. The quantitative estimate of drug-likeness (QED) is 0.447. The molecule has 1 aliphatic rings. The number of nitrogens with zero attached hydrogens (tertiary/aromatic N) is 4. The Hall–Kier alpha value is -3.35. The minimum absolute atomic E-state index is 0.0892. The smallest absolute Gasteiger partial charge is 0.313 e. The summed E-state index contributed by atoms with van der Waals surface area (Å²) in [6.07, 6.45) is 3.16. The maximum atomic E-state index is 13.3. The van der Waals surface area contributed by atoms with Crippen LogP contribution in [0.2, 0.25) is 0 Å². The number of hydrogen-bond donors (Lipinski definition) is 0. The first-order valence-electron chi connectivity index (χ1n) is 10.2. The largest absolute Gasteiger partial charge is 0.490 e. The molecule has 2 aromatic heterocycles. The van der Waals surface area contributed by atoms with E-state index in [1.165, 1.54) is 34.9 Å². The number of benzene rings is 1. The number of rotatable bonds is 6. The number of pyridine rings is 1. The Morgan fingerprint density at radius 1 is 1.06 bits per heavy atom. The number of amides is 1. The lowest BCUT2D eigenvalue weighted by molar-refractivity contribution is 0.0567. The Balaban J connectivity index is 1.54. The number of aromatic nitrogens is 3. The van der Waals surface area contributed by atoms with Crippen molar-refractivity contribution in [2.75, 3.05) is 13.2 Å². The average Bonchev–Trinajstić information content (AvgIpc) is 3.17. The zero-order valence-electron chi connectivity index (χ0n) is 18.1. The van der Waals surface area contributed by atoms with Crippen LogP contribution in [0.3, 0.4) is 0 Å². The van der Waals surface area contributed by atoms with Crippen LogP contribution < -0.4 is 10.3 Å². The molecule has 7 nitrogen and oxygen atoms in total. The van der Waals surface area contributed by atoms with Crippen LogP contribution in [0.4, 0.5) is 19.4 Å². The fraction of sp³-hybridized carbons (Fsp3) is 0.286. The molecule has 0 saturated heterocycles. The van der Waals surface area contributed by atoms with Crippen molar-refractivity contribution in [3.8, 4) is 11.4 Å². The zero-order valence-corrected chi connectivity index (χ0v) is 18.9.